The molecule has 2 saturated heterocycles. The van der Waals surface area contributed by atoms with Crippen molar-refractivity contribution in [3.63, 3.8) is 0 Å². The maximum absolute atomic E-state index is 5.98. The second-order valence-electron chi connectivity index (χ2n) is 4.88. The van der Waals surface area contributed by atoms with E-state index in [1.165, 1.54) is 0 Å². The van der Waals surface area contributed by atoms with E-state index >= 15 is 0 Å². The van der Waals surface area contributed by atoms with Crippen LogP contribution in [0.3, 0.4) is 0 Å². The summed E-state index contributed by atoms with van der Waals surface area (Å²) >= 11 is 0. The summed E-state index contributed by atoms with van der Waals surface area (Å²) in [4.78, 5) is 4.05. The average molecular weight is 234 g/mol. The van der Waals surface area contributed by atoms with Crippen molar-refractivity contribution < 1.29 is 9.47 Å². The van der Waals surface area contributed by atoms with Crippen LogP contribution in [-0.2, 0) is 4.74 Å². The van der Waals surface area contributed by atoms with Crippen LogP contribution in [-0.4, -0.2) is 36.4 Å². The summed E-state index contributed by atoms with van der Waals surface area (Å²) in [7, 11) is 0. The van der Waals surface area contributed by atoms with Crippen molar-refractivity contribution in [2.24, 2.45) is 0 Å². The fraction of sp³-hybridized carbons (Fsp3) is 0.615. The topological polar surface area (TPSA) is 43.4 Å². The van der Waals surface area contributed by atoms with Gasteiger partial charge in [0.1, 0.15) is 11.9 Å². The third-order valence-corrected chi connectivity index (χ3v) is 3.63. The molecule has 0 unspecified atom stereocenters. The second-order valence-corrected chi connectivity index (χ2v) is 4.88. The van der Waals surface area contributed by atoms with Gasteiger partial charge in [-0.1, -0.05) is 0 Å². The Hall–Kier alpha value is -1.13. The molecule has 0 radical (unpaired) electrons. The van der Waals surface area contributed by atoms with E-state index in [9.17, 15) is 0 Å². The van der Waals surface area contributed by atoms with Crippen LogP contribution in [0.25, 0.3) is 0 Å². The highest BCUT2D eigenvalue weighted by Gasteiger charge is 2.42. The fourth-order valence-corrected chi connectivity index (χ4v) is 2.72. The lowest BCUT2D eigenvalue weighted by molar-refractivity contribution is -0.0205. The van der Waals surface area contributed by atoms with Gasteiger partial charge in [-0.05, 0) is 38.1 Å². The molecular weight excluding hydrogens is 216 g/mol. The normalized spacial score (nSPS) is 27.2. The van der Waals surface area contributed by atoms with E-state index in [-0.39, 0.29) is 11.7 Å². The highest BCUT2D eigenvalue weighted by atomic mass is 16.6. The Morgan fingerprint density at radius 1 is 1.41 bits per heavy atom. The number of aromatic nitrogens is 1. The predicted octanol–water partition coefficient (Wildman–Crippen LogP) is 1.37. The zero-order valence-electron chi connectivity index (χ0n) is 9.89. The molecule has 0 amide bonds. The van der Waals surface area contributed by atoms with Crippen molar-refractivity contribution in [2.45, 2.75) is 31.0 Å². The van der Waals surface area contributed by atoms with Gasteiger partial charge in [-0.25, -0.2) is 0 Å². The minimum Gasteiger partial charge on any atom is -0.486 e. The molecule has 0 aromatic carbocycles. The summed E-state index contributed by atoms with van der Waals surface area (Å²) in [5.74, 6) is 0.840. The third kappa shape index (κ3) is 2.42. The first kappa shape index (κ1) is 11.0. The average Bonchev–Trinajstić information content (AvgIpc) is 2.74. The van der Waals surface area contributed by atoms with Crippen molar-refractivity contribution in [1.82, 2.24) is 10.3 Å². The lowest BCUT2D eigenvalue weighted by atomic mass is 9.89. The smallest absolute Gasteiger partial charge is 0.138 e. The van der Waals surface area contributed by atoms with Crippen molar-refractivity contribution in [3.05, 3.63) is 24.5 Å². The molecule has 4 heteroatoms. The van der Waals surface area contributed by atoms with E-state index in [0.717, 1.165) is 38.1 Å². The largest absolute Gasteiger partial charge is 0.486 e. The van der Waals surface area contributed by atoms with E-state index < -0.39 is 0 Å². The van der Waals surface area contributed by atoms with Crippen LogP contribution >= 0.6 is 0 Å². The zero-order valence-corrected chi connectivity index (χ0v) is 9.89. The Morgan fingerprint density at radius 3 is 3.06 bits per heavy atom. The Balaban J connectivity index is 1.60. The maximum Gasteiger partial charge on any atom is 0.138 e. The van der Waals surface area contributed by atoms with Gasteiger partial charge >= 0.3 is 0 Å². The van der Waals surface area contributed by atoms with Crippen molar-refractivity contribution in [1.29, 1.82) is 0 Å². The van der Waals surface area contributed by atoms with Gasteiger partial charge in [0.2, 0.25) is 0 Å². The van der Waals surface area contributed by atoms with E-state index in [1.54, 1.807) is 12.4 Å². The molecule has 1 spiro atoms. The number of pyridine rings is 1. The Labute approximate surface area is 101 Å². The molecule has 1 aromatic heterocycles. The predicted molar refractivity (Wildman–Crippen MR) is 64.1 cm³/mol. The van der Waals surface area contributed by atoms with Crippen LogP contribution in [0, 0.1) is 0 Å². The van der Waals surface area contributed by atoms with Crippen LogP contribution in [0.5, 0.6) is 5.75 Å². The van der Waals surface area contributed by atoms with Gasteiger partial charge in [0.05, 0.1) is 18.4 Å². The lowest BCUT2D eigenvalue weighted by Crippen LogP contribution is -2.41. The number of piperidine rings is 1. The SMILES string of the molecule is c1cncc(O[C@H]2COC3(CCNCC3)C2)c1. The standard InChI is InChI=1S/C13H18N2O2/c1-2-11(9-15-5-1)17-12-8-13(16-10-12)3-6-14-7-4-13/h1-2,5,9,12,14H,3-4,6-8,10H2/t12-/m1/s1. The summed E-state index contributed by atoms with van der Waals surface area (Å²) in [6.45, 7) is 2.81. The Morgan fingerprint density at radius 2 is 2.29 bits per heavy atom. The van der Waals surface area contributed by atoms with Gasteiger partial charge in [0.25, 0.3) is 0 Å². The molecule has 3 heterocycles. The van der Waals surface area contributed by atoms with Crippen molar-refractivity contribution in [2.75, 3.05) is 19.7 Å². The van der Waals surface area contributed by atoms with Gasteiger partial charge in [-0.15, -0.1) is 0 Å². The van der Waals surface area contributed by atoms with Crippen LogP contribution in [0.4, 0.5) is 0 Å². The minimum absolute atomic E-state index is 0.0676. The second kappa shape index (κ2) is 4.63. The van der Waals surface area contributed by atoms with E-state index in [2.05, 4.69) is 10.3 Å². The number of rotatable bonds is 2. The maximum atomic E-state index is 5.98. The van der Waals surface area contributed by atoms with E-state index in [4.69, 9.17) is 9.47 Å². The molecule has 2 fully saturated rings. The van der Waals surface area contributed by atoms with Gasteiger partial charge in [0.15, 0.2) is 0 Å². The highest BCUT2D eigenvalue weighted by molar-refractivity contribution is 5.16. The summed E-state index contributed by atoms with van der Waals surface area (Å²) in [5, 5.41) is 3.37. The van der Waals surface area contributed by atoms with Crippen LogP contribution < -0.4 is 10.1 Å². The molecule has 0 saturated carbocycles. The molecule has 2 aliphatic heterocycles. The first-order valence-electron chi connectivity index (χ1n) is 6.28. The lowest BCUT2D eigenvalue weighted by Gasteiger charge is -2.32. The number of ether oxygens (including phenoxy) is 2. The van der Waals surface area contributed by atoms with Crippen molar-refractivity contribution in [3.8, 4) is 5.75 Å². The Kier molecular flexibility index (Phi) is 2.99. The quantitative estimate of drug-likeness (QED) is 0.839. The van der Waals surface area contributed by atoms with E-state index in [0.29, 0.717) is 6.61 Å². The third-order valence-electron chi connectivity index (χ3n) is 3.63. The van der Waals surface area contributed by atoms with Crippen LogP contribution in [0.15, 0.2) is 24.5 Å². The van der Waals surface area contributed by atoms with Crippen LogP contribution in [0.1, 0.15) is 19.3 Å². The minimum atomic E-state index is 0.0676. The zero-order chi connectivity index (χ0) is 11.6. The molecule has 17 heavy (non-hydrogen) atoms. The van der Waals surface area contributed by atoms with Gasteiger partial charge in [-0.3, -0.25) is 4.98 Å². The molecule has 3 rings (SSSR count). The summed E-state index contributed by atoms with van der Waals surface area (Å²) in [6.07, 6.45) is 6.89. The summed E-state index contributed by atoms with van der Waals surface area (Å²) < 4.78 is 11.9. The molecule has 0 aliphatic carbocycles. The van der Waals surface area contributed by atoms with Gasteiger partial charge < -0.3 is 14.8 Å². The Bertz CT molecular complexity index is 363. The summed E-state index contributed by atoms with van der Waals surface area (Å²) in [5.41, 5.74) is 0.0676. The molecular formula is C13H18N2O2. The molecule has 4 nitrogen and oxygen atoms in total. The van der Waals surface area contributed by atoms with Crippen molar-refractivity contribution >= 4 is 0 Å². The number of hydrogen-bond donors (Lipinski definition) is 1. The van der Waals surface area contributed by atoms with Gasteiger partial charge in [-0.2, -0.15) is 0 Å². The monoisotopic (exact) mass is 234 g/mol. The molecule has 0 bridgehead atoms. The summed E-state index contributed by atoms with van der Waals surface area (Å²) in [6, 6.07) is 3.84. The molecule has 92 valence electrons. The first-order valence-corrected chi connectivity index (χ1v) is 6.28. The van der Waals surface area contributed by atoms with Gasteiger partial charge in [0, 0.05) is 12.6 Å². The highest BCUT2D eigenvalue weighted by Crippen LogP contribution is 2.35. The number of nitrogens with zero attached hydrogens (tertiary/aromatic N) is 1. The molecule has 1 N–H and O–H groups in total. The molecule has 2 aliphatic rings. The van der Waals surface area contributed by atoms with Crippen LogP contribution in [0.2, 0.25) is 0 Å². The van der Waals surface area contributed by atoms with E-state index in [1.807, 2.05) is 12.1 Å². The number of hydrogen-bond acceptors (Lipinski definition) is 4. The molecule has 1 aromatic rings. The fourth-order valence-electron chi connectivity index (χ4n) is 2.72. The first-order chi connectivity index (χ1) is 8.36. The molecule has 1 atom stereocenters. The number of nitrogens with one attached hydrogen (secondary N) is 1.